The Labute approximate surface area is 144 Å². The Hall–Kier alpha value is -2.51. The Bertz CT molecular complexity index is 713. The van der Waals surface area contributed by atoms with E-state index in [2.05, 4.69) is 48.1 Å². The summed E-state index contributed by atoms with van der Waals surface area (Å²) in [5, 5.41) is 0. The largest absolute Gasteiger partial charge is 0.361 e. The van der Waals surface area contributed by atoms with Crippen LogP contribution in [0.4, 0.5) is 0 Å². The maximum Gasteiger partial charge on any atom is 0.331 e. The SMILES string of the molecule is CCCC(CCc1ccc(-c2ccccc2)cc1)C(=O)C(C)=[N+]=[N-]. The number of benzene rings is 2. The van der Waals surface area contributed by atoms with E-state index in [4.69, 9.17) is 5.53 Å². The summed E-state index contributed by atoms with van der Waals surface area (Å²) in [6.45, 7) is 3.64. The smallest absolute Gasteiger partial charge is 0.331 e. The van der Waals surface area contributed by atoms with E-state index in [0.29, 0.717) is 0 Å². The third-order valence-corrected chi connectivity index (χ3v) is 4.36. The Morgan fingerprint density at radius 1 is 1.00 bits per heavy atom. The van der Waals surface area contributed by atoms with Crippen molar-refractivity contribution in [3.8, 4) is 11.1 Å². The summed E-state index contributed by atoms with van der Waals surface area (Å²) in [4.78, 5) is 15.3. The predicted molar refractivity (Wildman–Crippen MR) is 97.9 cm³/mol. The Kier molecular flexibility index (Phi) is 6.65. The molecule has 0 aliphatic heterocycles. The molecule has 1 unspecified atom stereocenters. The number of nitrogens with zero attached hydrogens (tertiary/aromatic N) is 2. The third-order valence-electron chi connectivity index (χ3n) is 4.36. The summed E-state index contributed by atoms with van der Waals surface area (Å²) >= 11 is 0. The quantitative estimate of drug-likeness (QED) is 0.385. The van der Waals surface area contributed by atoms with Gasteiger partial charge >= 0.3 is 5.71 Å². The molecule has 2 aromatic carbocycles. The highest BCUT2D eigenvalue weighted by Gasteiger charge is 2.24. The zero-order valence-electron chi connectivity index (χ0n) is 14.4. The maximum absolute atomic E-state index is 12.2. The van der Waals surface area contributed by atoms with Crippen LogP contribution in [-0.4, -0.2) is 16.3 Å². The topological polar surface area (TPSA) is 53.5 Å². The van der Waals surface area contributed by atoms with Gasteiger partial charge in [-0.15, -0.1) is 0 Å². The maximum atomic E-state index is 12.2. The number of hydrogen-bond donors (Lipinski definition) is 0. The Balaban J connectivity index is 2.02. The standard InChI is InChI=1S/C21H24N2O/c1-3-7-20(21(24)16(2)23-22)15-12-17-10-13-19(14-11-17)18-8-5-4-6-9-18/h4-6,8-11,13-14,20H,3,7,12,15H2,1-2H3. The van der Waals surface area contributed by atoms with Gasteiger partial charge in [0.05, 0.1) is 0 Å². The molecule has 0 radical (unpaired) electrons. The molecule has 24 heavy (non-hydrogen) atoms. The van der Waals surface area contributed by atoms with Gasteiger partial charge in [0.2, 0.25) is 5.78 Å². The average molecular weight is 320 g/mol. The Morgan fingerprint density at radius 2 is 1.62 bits per heavy atom. The zero-order chi connectivity index (χ0) is 17.4. The molecule has 0 saturated heterocycles. The minimum absolute atomic E-state index is 0.0414. The lowest BCUT2D eigenvalue weighted by molar-refractivity contribution is -0.121. The van der Waals surface area contributed by atoms with E-state index in [1.807, 2.05) is 18.2 Å². The fraction of sp³-hybridized carbons (Fsp3) is 0.333. The van der Waals surface area contributed by atoms with Crippen LogP contribution in [0.15, 0.2) is 54.6 Å². The van der Waals surface area contributed by atoms with Gasteiger partial charge in [-0.05, 0) is 36.0 Å². The molecule has 0 heterocycles. The van der Waals surface area contributed by atoms with E-state index >= 15 is 0 Å². The van der Waals surface area contributed by atoms with E-state index in [0.717, 1.165) is 25.7 Å². The van der Waals surface area contributed by atoms with E-state index in [-0.39, 0.29) is 17.4 Å². The van der Waals surface area contributed by atoms with E-state index in [9.17, 15) is 4.79 Å². The van der Waals surface area contributed by atoms with Gasteiger partial charge in [0.15, 0.2) is 0 Å². The van der Waals surface area contributed by atoms with Gasteiger partial charge in [-0.1, -0.05) is 67.9 Å². The first-order valence-corrected chi connectivity index (χ1v) is 8.53. The van der Waals surface area contributed by atoms with Crippen molar-refractivity contribution in [1.29, 1.82) is 0 Å². The van der Waals surface area contributed by atoms with Gasteiger partial charge < -0.3 is 5.53 Å². The fourth-order valence-corrected chi connectivity index (χ4v) is 2.94. The minimum atomic E-state index is -0.0697. The number of hydrogen-bond acceptors (Lipinski definition) is 1. The molecular weight excluding hydrogens is 296 g/mol. The summed E-state index contributed by atoms with van der Waals surface area (Å²) in [5.74, 6) is -0.111. The Morgan fingerprint density at radius 3 is 2.21 bits per heavy atom. The summed E-state index contributed by atoms with van der Waals surface area (Å²) in [5.41, 5.74) is 12.6. The first-order chi connectivity index (χ1) is 11.7. The molecule has 0 N–H and O–H groups in total. The third kappa shape index (κ3) is 4.74. The molecule has 2 aromatic rings. The van der Waals surface area contributed by atoms with Crippen molar-refractivity contribution >= 4 is 11.5 Å². The van der Waals surface area contributed by atoms with Crippen LogP contribution in [0.5, 0.6) is 0 Å². The number of aryl methyl sites for hydroxylation is 1. The molecule has 0 aromatic heterocycles. The molecule has 0 aliphatic rings. The van der Waals surface area contributed by atoms with Crippen LogP contribution in [0.2, 0.25) is 0 Å². The normalized spacial score (nSPS) is 11.6. The van der Waals surface area contributed by atoms with Gasteiger partial charge in [0.25, 0.3) is 0 Å². The number of carbonyl (C=O) groups excluding carboxylic acids is 1. The number of Topliss-reactive ketones (excluding diaryl/α,β-unsaturated/α-hetero) is 1. The second-order valence-corrected chi connectivity index (χ2v) is 6.14. The van der Waals surface area contributed by atoms with E-state index in [1.165, 1.54) is 16.7 Å². The fourth-order valence-electron chi connectivity index (χ4n) is 2.94. The number of ketones is 1. The lowest BCUT2D eigenvalue weighted by Gasteiger charge is -2.12. The first kappa shape index (κ1) is 17.8. The molecule has 0 saturated carbocycles. The van der Waals surface area contributed by atoms with Crippen molar-refractivity contribution in [2.75, 3.05) is 0 Å². The molecule has 0 amide bonds. The van der Waals surface area contributed by atoms with Gasteiger partial charge in [-0.2, -0.15) is 4.79 Å². The van der Waals surface area contributed by atoms with Crippen LogP contribution in [0, 0.1) is 5.92 Å². The zero-order valence-corrected chi connectivity index (χ0v) is 14.4. The van der Waals surface area contributed by atoms with Crippen LogP contribution in [0.3, 0.4) is 0 Å². The molecule has 0 spiro atoms. The van der Waals surface area contributed by atoms with Crippen LogP contribution >= 0.6 is 0 Å². The van der Waals surface area contributed by atoms with Gasteiger partial charge in [0, 0.05) is 12.8 Å². The minimum Gasteiger partial charge on any atom is -0.361 e. The molecule has 124 valence electrons. The predicted octanol–water partition coefficient (Wildman–Crippen LogP) is 4.96. The summed E-state index contributed by atoms with van der Waals surface area (Å²) in [7, 11) is 0. The highest BCUT2D eigenvalue weighted by Crippen LogP contribution is 2.21. The molecule has 3 heteroatoms. The van der Waals surface area contributed by atoms with Crippen LogP contribution in [0.25, 0.3) is 16.7 Å². The summed E-state index contributed by atoms with van der Waals surface area (Å²) in [6.07, 6.45) is 3.41. The highest BCUT2D eigenvalue weighted by atomic mass is 16.1. The van der Waals surface area contributed by atoms with Crippen molar-refractivity contribution in [2.45, 2.75) is 39.5 Å². The van der Waals surface area contributed by atoms with E-state index < -0.39 is 0 Å². The van der Waals surface area contributed by atoms with Crippen molar-refractivity contribution < 1.29 is 9.58 Å². The van der Waals surface area contributed by atoms with Crippen molar-refractivity contribution in [3.05, 3.63) is 65.7 Å². The lowest BCUT2D eigenvalue weighted by atomic mass is 9.89. The van der Waals surface area contributed by atoms with Crippen molar-refractivity contribution in [2.24, 2.45) is 5.92 Å². The average Bonchev–Trinajstić information content (AvgIpc) is 2.65. The lowest BCUT2D eigenvalue weighted by Crippen LogP contribution is -2.23. The second-order valence-electron chi connectivity index (χ2n) is 6.14. The molecule has 0 aliphatic carbocycles. The van der Waals surface area contributed by atoms with Gasteiger partial charge in [-0.25, -0.2) is 0 Å². The van der Waals surface area contributed by atoms with Gasteiger partial charge in [0.1, 0.15) is 0 Å². The van der Waals surface area contributed by atoms with Gasteiger partial charge in [-0.3, -0.25) is 4.79 Å². The molecule has 2 rings (SSSR count). The van der Waals surface area contributed by atoms with Crippen molar-refractivity contribution in [1.82, 2.24) is 0 Å². The van der Waals surface area contributed by atoms with Crippen molar-refractivity contribution in [3.63, 3.8) is 0 Å². The van der Waals surface area contributed by atoms with Crippen LogP contribution < -0.4 is 0 Å². The highest BCUT2D eigenvalue weighted by molar-refractivity contribution is 6.37. The van der Waals surface area contributed by atoms with Crippen LogP contribution in [0.1, 0.15) is 38.7 Å². The van der Waals surface area contributed by atoms with Crippen LogP contribution in [-0.2, 0) is 11.2 Å². The number of carbonyl (C=O) groups is 1. The summed E-state index contributed by atoms with van der Waals surface area (Å²) in [6, 6.07) is 18.8. The molecule has 1 atom stereocenters. The summed E-state index contributed by atoms with van der Waals surface area (Å²) < 4.78 is 0. The molecule has 0 bridgehead atoms. The second kappa shape index (κ2) is 8.95. The number of rotatable bonds is 8. The molecular formula is C21H24N2O. The molecule has 3 nitrogen and oxygen atoms in total. The molecule has 0 fully saturated rings. The monoisotopic (exact) mass is 320 g/mol. The first-order valence-electron chi connectivity index (χ1n) is 8.53. The van der Waals surface area contributed by atoms with E-state index in [1.54, 1.807) is 6.92 Å².